The summed E-state index contributed by atoms with van der Waals surface area (Å²) < 4.78 is 5.74. The molecule has 1 fully saturated rings. The number of nitrogens with one attached hydrogen (secondary N) is 1. The molecule has 88 valence electrons. The number of ether oxygens (including phenoxy) is 1. The Labute approximate surface area is 101 Å². The van der Waals surface area contributed by atoms with Gasteiger partial charge in [-0.25, -0.2) is 4.98 Å². The Balaban J connectivity index is 0.00000128. The second-order valence-corrected chi connectivity index (χ2v) is 3.79. The third-order valence-electron chi connectivity index (χ3n) is 2.64. The molecule has 2 rings (SSSR count). The number of amidine groups is 1. The van der Waals surface area contributed by atoms with Crippen LogP contribution in [0, 0.1) is 5.41 Å². The zero-order valence-electron chi connectivity index (χ0n) is 8.98. The van der Waals surface area contributed by atoms with Crippen molar-refractivity contribution in [3.05, 3.63) is 23.9 Å². The molecule has 4 nitrogen and oxygen atoms in total. The van der Waals surface area contributed by atoms with Gasteiger partial charge in [-0.2, -0.15) is 0 Å². The largest absolute Gasteiger partial charge is 0.474 e. The summed E-state index contributed by atoms with van der Waals surface area (Å²) >= 11 is 0. The van der Waals surface area contributed by atoms with Crippen LogP contribution in [0.25, 0.3) is 0 Å². The minimum absolute atomic E-state index is 0. The summed E-state index contributed by atoms with van der Waals surface area (Å²) in [6, 6.07) is 3.53. The van der Waals surface area contributed by atoms with Gasteiger partial charge in [-0.05, 0) is 37.8 Å². The van der Waals surface area contributed by atoms with Crippen LogP contribution in [0.2, 0.25) is 0 Å². The van der Waals surface area contributed by atoms with E-state index in [1.807, 2.05) is 0 Å². The van der Waals surface area contributed by atoms with E-state index in [1.54, 1.807) is 18.3 Å². The highest BCUT2D eigenvalue weighted by Crippen LogP contribution is 2.24. The Hall–Kier alpha value is -1.29. The lowest BCUT2D eigenvalue weighted by atomic mass is 10.2. The molecule has 5 heteroatoms. The van der Waals surface area contributed by atoms with Crippen LogP contribution < -0.4 is 10.5 Å². The average molecular weight is 242 g/mol. The van der Waals surface area contributed by atoms with Gasteiger partial charge in [-0.1, -0.05) is 0 Å². The summed E-state index contributed by atoms with van der Waals surface area (Å²) in [5.41, 5.74) is 6.04. The van der Waals surface area contributed by atoms with Gasteiger partial charge in [0.2, 0.25) is 5.88 Å². The first-order chi connectivity index (χ1) is 7.27. The predicted octanol–water partition coefficient (Wildman–Crippen LogP) is 2.11. The number of hydrogen-bond donors (Lipinski definition) is 2. The highest BCUT2D eigenvalue weighted by Gasteiger charge is 2.18. The standard InChI is InChI=1S/C11H15N3O.ClH/c12-10(13)9-6-3-7-14-11(9)15-8-4-1-2-5-8;/h3,6-8H,1-2,4-5H2,(H3,12,13);1H. The fourth-order valence-corrected chi connectivity index (χ4v) is 1.85. The number of pyridine rings is 1. The van der Waals surface area contributed by atoms with E-state index in [4.69, 9.17) is 15.9 Å². The lowest BCUT2D eigenvalue weighted by Crippen LogP contribution is -2.18. The molecule has 0 radical (unpaired) electrons. The number of rotatable bonds is 3. The van der Waals surface area contributed by atoms with Crippen molar-refractivity contribution in [2.45, 2.75) is 31.8 Å². The van der Waals surface area contributed by atoms with Gasteiger partial charge in [0.05, 0.1) is 5.56 Å². The van der Waals surface area contributed by atoms with E-state index in [0.29, 0.717) is 11.4 Å². The first-order valence-electron chi connectivity index (χ1n) is 5.23. The van der Waals surface area contributed by atoms with Gasteiger partial charge >= 0.3 is 0 Å². The van der Waals surface area contributed by atoms with Crippen LogP contribution in [0.4, 0.5) is 0 Å². The number of nitrogens with two attached hydrogens (primary N) is 1. The maximum Gasteiger partial charge on any atom is 0.224 e. The number of nitrogens with zero attached hydrogens (tertiary/aromatic N) is 1. The Morgan fingerprint density at radius 3 is 2.75 bits per heavy atom. The second kappa shape index (κ2) is 5.70. The molecule has 0 aliphatic heterocycles. The summed E-state index contributed by atoms with van der Waals surface area (Å²) in [6.45, 7) is 0. The molecule has 1 aromatic heterocycles. The van der Waals surface area contributed by atoms with Crippen molar-refractivity contribution in [2.75, 3.05) is 0 Å². The van der Waals surface area contributed by atoms with E-state index >= 15 is 0 Å². The molecule has 1 heterocycles. The first kappa shape index (κ1) is 12.8. The van der Waals surface area contributed by atoms with Gasteiger partial charge in [0.15, 0.2) is 0 Å². The van der Waals surface area contributed by atoms with E-state index in [9.17, 15) is 0 Å². The molecule has 0 amide bonds. The Morgan fingerprint density at radius 1 is 1.44 bits per heavy atom. The summed E-state index contributed by atoms with van der Waals surface area (Å²) in [7, 11) is 0. The van der Waals surface area contributed by atoms with E-state index in [2.05, 4.69) is 4.98 Å². The molecule has 3 N–H and O–H groups in total. The summed E-state index contributed by atoms with van der Waals surface area (Å²) in [6.07, 6.45) is 6.50. The monoisotopic (exact) mass is 241 g/mol. The summed E-state index contributed by atoms with van der Waals surface area (Å²) in [5, 5.41) is 7.41. The Kier molecular flexibility index (Phi) is 4.55. The molecule has 0 unspecified atom stereocenters. The van der Waals surface area contributed by atoms with Gasteiger partial charge in [-0.3, -0.25) is 5.41 Å². The van der Waals surface area contributed by atoms with Crippen molar-refractivity contribution in [2.24, 2.45) is 5.73 Å². The lowest BCUT2D eigenvalue weighted by molar-refractivity contribution is 0.201. The third kappa shape index (κ3) is 2.85. The maximum absolute atomic E-state index is 7.41. The molecule has 0 spiro atoms. The van der Waals surface area contributed by atoms with Crippen LogP contribution in [0.15, 0.2) is 18.3 Å². The van der Waals surface area contributed by atoms with Crippen molar-refractivity contribution >= 4 is 18.2 Å². The predicted molar refractivity (Wildman–Crippen MR) is 65.4 cm³/mol. The highest BCUT2D eigenvalue weighted by molar-refractivity contribution is 5.96. The Morgan fingerprint density at radius 2 is 2.12 bits per heavy atom. The second-order valence-electron chi connectivity index (χ2n) is 3.79. The van der Waals surface area contributed by atoms with E-state index < -0.39 is 0 Å². The van der Waals surface area contributed by atoms with E-state index in [0.717, 1.165) is 12.8 Å². The highest BCUT2D eigenvalue weighted by atomic mass is 35.5. The van der Waals surface area contributed by atoms with Gasteiger partial charge in [0.1, 0.15) is 11.9 Å². The fraction of sp³-hybridized carbons (Fsp3) is 0.455. The molecule has 1 saturated carbocycles. The van der Waals surface area contributed by atoms with E-state index in [-0.39, 0.29) is 24.3 Å². The van der Waals surface area contributed by atoms with Gasteiger partial charge in [-0.15, -0.1) is 12.4 Å². The van der Waals surface area contributed by atoms with Crippen molar-refractivity contribution in [1.29, 1.82) is 5.41 Å². The number of halogens is 1. The fourth-order valence-electron chi connectivity index (χ4n) is 1.85. The number of hydrogen-bond acceptors (Lipinski definition) is 3. The molecule has 16 heavy (non-hydrogen) atoms. The minimum Gasteiger partial charge on any atom is -0.474 e. The topological polar surface area (TPSA) is 72.0 Å². The first-order valence-corrected chi connectivity index (χ1v) is 5.23. The zero-order valence-corrected chi connectivity index (χ0v) is 9.80. The van der Waals surface area contributed by atoms with Gasteiger partial charge < -0.3 is 10.5 Å². The third-order valence-corrected chi connectivity index (χ3v) is 2.64. The summed E-state index contributed by atoms with van der Waals surface area (Å²) in [4.78, 5) is 4.12. The maximum atomic E-state index is 7.41. The van der Waals surface area contributed by atoms with Crippen molar-refractivity contribution in [1.82, 2.24) is 4.98 Å². The van der Waals surface area contributed by atoms with Gasteiger partial charge in [0, 0.05) is 6.20 Å². The molecule has 0 bridgehead atoms. The smallest absolute Gasteiger partial charge is 0.224 e. The van der Waals surface area contributed by atoms with Crippen molar-refractivity contribution in [3.63, 3.8) is 0 Å². The number of nitrogen functional groups attached to an aromatic ring is 1. The van der Waals surface area contributed by atoms with E-state index in [1.165, 1.54) is 12.8 Å². The minimum atomic E-state index is 0. The molecule has 0 atom stereocenters. The zero-order chi connectivity index (χ0) is 10.7. The van der Waals surface area contributed by atoms with Crippen LogP contribution in [0.5, 0.6) is 5.88 Å². The van der Waals surface area contributed by atoms with Crippen molar-refractivity contribution < 1.29 is 4.74 Å². The molecule has 0 saturated heterocycles. The average Bonchev–Trinajstić information content (AvgIpc) is 2.71. The quantitative estimate of drug-likeness (QED) is 0.629. The molecule has 1 aliphatic carbocycles. The molecular weight excluding hydrogens is 226 g/mol. The molecule has 1 aliphatic rings. The van der Waals surface area contributed by atoms with Crippen LogP contribution >= 0.6 is 12.4 Å². The van der Waals surface area contributed by atoms with Gasteiger partial charge in [0.25, 0.3) is 0 Å². The SMILES string of the molecule is Cl.N=C(N)c1cccnc1OC1CCCC1. The molecular formula is C11H16ClN3O. The lowest BCUT2D eigenvalue weighted by Gasteiger charge is -2.14. The summed E-state index contributed by atoms with van der Waals surface area (Å²) in [5.74, 6) is 0.507. The van der Waals surface area contributed by atoms with Crippen LogP contribution in [-0.4, -0.2) is 16.9 Å². The van der Waals surface area contributed by atoms with Crippen LogP contribution in [-0.2, 0) is 0 Å². The molecule has 0 aromatic carbocycles. The van der Waals surface area contributed by atoms with Crippen molar-refractivity contribution in [3.8, 4) is 5.88 Å². The van der Waals surface area contributed by atoms with Crippen LogP contribution in [0.1, 0.15) is 31.2 Å². The molecule has 1 aromatic rings. The Bertz CT molecular complexity index is 364. The normalized spacial score (nSPS) is 15.5. The number of aromatic nitrogens is 1. The van der Waals surface area contributed by atoms with Crippen LogP contribution in [0.3, 0.4) is 0 Å².